The molecule has 9 nitrogen and oxygen atoms in total. The van der Waals surface area contributed by atoms with E-state index in [-0.39, 0.29) is 23.2 Å². The number of hydrogen-bond donors (Lipinski definition) is 2. The Bertz CT molecular complexity index is 995. The smallest absolute Gasteiger partial charge is 0.302 e. The number of rotatable bonds is 4. The summed E-state index contributed by atoms with van der Waals surface area (Å²) in [5, 5.41) is 16.0. The predicted molar refractivity (Wildman–Crippen MR) is 89.4 cm³/mol. The SMILES string of the molecule is CC(=O)Nc1ccc2nc(NC(=O)c3ccccc3[N+](=O)[O-])oc2c1. The van der Waals surface area contributed by atoms with Gasteiger partial charge in [-0.05, 0) is 18.2 Å². The van der Waals surface area contributed by atoms with E-state index in [0.29, 0.717) is 16.8 Å². The van der Waals surface area contributed by atoms with E-state index in [4.69, 9.17) is 4.42 Å². The zero-order chi connectivity index (χ0) is 18.0. The summed E-state index contributed by atoms with van der Waals surface area (Å²) in [6.45, 7) is 1.38. The molecule has 0 aliphatic rings. The number of nitro groups is 1. The predicted octanol–water partition coefficient (Wildman–Crippen LogP) is 2.95. The normalized spacial score (nSPS) is 10.4. The molecule has 0 aliphatic carbocycles. The van der Waals surface area contributed by atoms with Crippen molar-refractivity contribution in [3.8, 4) is 0 Å². The first-order valence-electron chi connectivity index (χ1n) is 7.17. The van der Waals surface area contributed by atoms with Gasteiger partial charge in [0.2, 0.25) is 5.91 Å². The summed E-state index contributed by atoms with van der Waals surface area (Å²) in [4.78, 5) is 37.8. The van der Waals surface area contributed by atoms with Gasteiger partial charge in [0.05, 0.1) is 4.92 Å². The zero-order valence-corrected chi connectivity index (χ0v) is 13.0. The number of carbonyl (C=O) groups excluding carboxylic acids is 2. The minimum absolute atomic E-state index is 0.0990. The van der Waals surface area contributed by atoms with Gasteiger partial charge in [-0.15, -0.1) is 0 Å². The summed E-state index contributed by atoms with van der Waals surface area (Å²) in [7, 11) is 0. The molecule has 0 bridgehead atoms. The van der Waals surface area contributed by atoms with Crippen molar-refractivity contribution in [1.29, 1.82) is 0 Å². The van der Waals surface area contributed by atoms with E-state index < -0.39 is 10.8 Å². The Hall–Kier alpha value is -3.75. The fourth-order valence-corrected chi connectivity index (χ4v) is 2.25. The number of nitrogens with one attached hydrogen (secondary N) is 2. The number of hydrogen-bond acceptors (Lipinski definition) is 6. The summed E-state index contributed by atoms with van der Waals surface area (Å²) in [6.07, 6.45) is 0. The van der Waals surface area contributed by atoms with E-state index in [2.05, 4.69) is 15.6 Å². The molecule has 0 unspecified atom stereocenters. The Morgan fingerprint density at radius 3 is 2.64 bits per heavy atom. The molecule has 0 spiro atoms. The Morgan fingerprint density at radius 2 is 1.92 bits per heavy atom. The lowest BCUT2D eigenvalue weighted by Crippen LogP contribution is -2.14. The number of carbonyl (C=O) groups is 2. The van der Waals surface area contributed by atoms with Crippen LogP contribution in [-0.2, 0) is 4.79 Å². The maximum absolute atomic E-state index is 12.3. The van der Waals surface area contributed by atoms with Crippen LogP contribution in [0.5, 0.6) is 0 Å². The van der Waals surface area contributed by atoms with Gasteiger partial charge in [0.1, 0.15) is 11.1 Å². The highest BCUT2D eigenvalue weighted by Crippen LogP contribution is 2.24. The molecule has 3 aromatic rings. The van der Waals surface area contributed by atoms with E-state index in [0.717, 1.165) is 0 Å². The molecule has 0 saturated carbocycles. The van der Waals surface area contributed by atoms with Crippen molar-refractivity contribution in [2.45, 2.75) is 6.92 Å². The second-order valence-corrected chi connectivity index (χ2v) is 5.11. The van der Waals surface area contributed by atoms with Crippen molar-refractivity contribution in [1.82, 2.24) is 4.98 Å². The van der Waals surface area contributed by atoms with Crippen LogP contribution in [0.15, 0.2) is 46.9 Å². The Kier molecular flexibility index (Phi) is 4.12. The molecule has 126 valence electrons. The maximum Gasteiger partial charge on any atom is 0.302 e. The number of benzene rings is 2. The standard InChI is InChI=1S/C16H12N4O5/c1-9(21)17-10-6-7-12-14(8-10)25-16(18-12)19-15(22)11-4-2-3-5-13(11)20(23)24/h2-8H,1H3,(H,17,21)(H,18,19,22). The second kappa shape index (κ2) is 6.40. The molecule has 9 heteroatoms. The molecular weight excluding hydrogens is 328 g/mol. The van der Waals surface area contributed by atoms with Crippen molar-refractivity contribution in [3.63, 3.8) is 0 Å². The molecule has 2 amide bonds. The number of para-hydroxylation sites is 1. The lowest BCUT2D eigenvalue weighted by atomic mass is 10.1. The van der Waals surface area contributed by atoms with E-state index in [1.165, 1.54) is 31.2 Å². The molecule has 3 rings (SSSR count). The fourth-order valence-electron chi connectivity index (χ4n) is 2.25. The van der Waals surface area contributed by atoms with Crippen LogP contribution in [0.2, 0.25) is 0 Å². The fraction of sp³-hybridized carbons (Fsp3) is 0.0625. The highest BCUT2D eigenvalue weighted by molar-refractivity contribution is 6.06. The summed E-state index contributed by atoms with van der Waals surface area (Å²) in [5.74, 6) is -0.940. The average molecular weight is 340 g/mol. The number of oxazole rings is 1. The maximum atomic E-state index is 12.3. The van der Waals surface area contributed by atoms with Gasteiger partial charge in [0.15, 0.2) is 5.58 Å². The van der Waals surface area contributed by atoms with E-state index in [1.54, 1.807) is 18.2 Å². The summed E-state index contributed by atoms with van der Waals surface area (Å²) < 4.78 is 5.42. The lowest BCUT2D eigenvalue weighted by molar-refractivity contribution is -0.385. The summed E-state index contributed by atoms with van der Waals surface area (Å²) in [6, 6.07) is 10.3. The van der Waals surface area contributed by atoms with E-state index >= 15 is 0 Å². The van der Waals surface area contributed by atoms with E-state index in [9.17, 15) is 19.7 Å². The molecule has 25 heavy (non-hydrogen) atoms. The molecule has 1 heterocycles. The van der Waals surface area contributed by atoms with Gasteiger partial charge >= 0.3 is 6.01 Å². The van der Waals surface area contributed by atoms with Crippen molar-refractivity contribution in [3.05, 3.63) is 58.1 Å². The third-order valence-corrected chi connectivity index (χ3v) is 3.27. The zero-order valence-electron chi connectivity index (χ0n) is 13.0. The van der Waals surface area contributed by atoms with Gasteiger partial charge in [0.25, 0.3) is 11.6 Å². The molecule has 0 aliphatic heterocycles. The molecule has 0 radical (unpaired) electrons. The molecule has 0 atom stereocenters. The average Bonchev–Trinajstić information content (AvgIpc) is 2.95. The summed E-state index contributed by atoms with van der Waals surface area (Å²) in [5.41, 5.74) is 0.918. The van der Waals surface area contributed by atoms with Crippen LogP contribution in [0, 0.1) is 10.1 Å². The monoisotopic (exact) mass is 340 g/mol. The van der Waals surface area contributed by atoms with E-state index in [1.807, 2.05) is 0 Å². The first-order valence-corrected chi connectivity index (χ1v) is 7.17. The highest BCUT2D eigenvalue weighted by Gasteiger charge is 2.20. The molecule has 1 aromatic heterocycles. The number of anilines is 2. The van der Waals surface area contributed by atoms with Gasteiger partial charge in [-0.1, -0.05) is 12.1 Å². The first-order chi connectivity index (χ1) is 11.9. The molecular formula is C16H12N4O5. The number of aromatic nitrogens is 1. The largest absolute Gasteiger partial charge is 0.423 e. The van der Waals surface area contributed by atoms with Crippen LogP contribution in [0.25, 0.3) is 11.1 Å². The van der Waals surface area contributed by atoms with Gasteiger partial charge in [-0.3, -0.25) is 25.0 Å². The summed E-state index contributed by atoms with van der Waals surface area (Å²) >= 11 is 0. The quantitative estimate of drug-likeness (QED) is 0.555. The van der Waals surface area contributed by atoms with Gasteiger partial charge in [-0.25, -0.2) is 0 Å². The Labute approximate surface area is 140 Å². The van der Waals surface area contributed by atoms with Gasteiger partial charge in [0, 0.05) is 24.7 Å². The Balaban J connectivity index is 1.87. The second-order valence-electron chi connectivity index (χ2n) is 5.11. The van der Waals surface area contributed by atoms with Crippen molar-refractivity contribution < 1.29 is 18.9 Å². The minimum Gasteiger partial charge on any atom is -0.423 e. The first kappa shape index (κ1) is 16.1. The van der Waals surface area contributed by atoms with Crippen molar-refractivity contribution >= 4 is 40.3 Å². The van der Waals surface area contributed by atoms with Crippen molar-refractivity contribution in [2.75, 3.05) is 10.6 Å². The van der Waals surface area contributed by atoms with Gasteiger partial charge in [-0.2, -0.15) is 4.98 Å². The third-order valence-electron chi connectivity index (χ3n) is 3.27. The van der Waals surface area contributed by atoms with Crippen LogP contribution < -0.4 is 10.6 Å². The van der Waals surface area contributed by atoms with Gasteiger partial charge < -0.3 is 9.73 Å². The lowest BCUT2D eigenvalue weighted by Gasteiger charge is -2.01. The highest BCUT2D eigenvalue weighted by atomic mass is 16.6. The van der Waals surface area contributed by atoms with Crippen LogP contribution in [0.4, 0.5) is 17.4 Å². The molecule has 2 N–H and O–H groups in total. The number of nitrogens with zero attached hydrogens (tertiary/aromatic N) is 2. The van der Waals surface area contributed by atoms with Crippen LogP contribution in [0.3, 0.4) is 0 Å². The molecule has 0 saturated heterocycles. The number of nitro benzene ring substituents is 1. The van der Waals surface area contributed by atoms with Crippen molar-refractivity contribution in [2.24, 2.45) is 0 Å². The minimum atomic E-state index is -0.707. The van der Waals surface area contributed by atoms with Crippen LogP contribution in [0.1, 0.15) is 17.3 Å². The molecule has 0 fully saturated rings. The van der Waals surface area contributed by atoms with Crippen LogP contribution >= 0.6 is 0 Å². The Morgan fingerprint density at radius 1 is 1.16 bits per heavy atom. The molecule has 2 aromatic carbocycles. The number of amides is 2. The number of fused-ring (bicyclic) bond motifs is 1. The van der Waals surface area contributed by atoms with Crippen LogP contribution in [-0.4, -0.2) is 21.7 Å². The topological polar surface area (TPSA) is 127 Å². The third kappa shape index (κ3) is 3.44.